The lowest BCUT2D eigenvalue weighted by molar-refractivity contribution is -0.117. The molecule has 0 bridgehead atoms. The molecular weight excluding hydrogens is 404 g/mol. The summed E-state index contributed by atoms with van der Waals surface area (Å²) in [5.74, 6) is 0.691. The number of amides is 3. The van der Waals surface area contributed by atoms with E-state index < -0.39 is 0 Å². The lowest BCUT2D eigenvalue weighted by atomic mass is 9.95. The Morgan fingerprint density at radius 2 is 2.06 bits per heavy atom. The Morgan fingerprint density at radius 1 is 1.19 bits per heavy atom. The van der Waals surface area contributed by atoms with Crippen LogP contribution in [-0.2, 0) is 24.2 Å². The first kappa shape index (κ1) is 20.4. The normalized spacial score (nSPS) is 18.0. The molecule has 7 nitrogen and oxygen atoms in total. The van der Waals surface area contributed by atoms with Gasteiger partial charge in [0.25, 0.3) is 0 Å². The zero-order chi connectivity index (χ0) is 22.1. The van der Waals surface area contributed by atoms with E-state index in [2.05, 4.69) is 27.8 Å². The molecule has 2 heterocycles. The van der Waals surface area contributed by atoms with Crippen LogP contribution in [0, 0.1) is 0 Å². The van der Waals surface area contributed by atoms with Crippen molar-refractivity contribution in [2.75, 3.05) is 18.6 Å². The van der Waals surface area contributed by atoms with Crippen molar-refractivity contribution in [2.45, 2.75) is 44.7 Å². The molecule has 1 aliphatic heterocycles. The van der Waals surface area contributed by atoms with Gasteiger partial charge in [0, 0.05) is 47.9 Å². The lowest BCUT2D eigenvalue weighted by Gasteiger charge is -2.18. The minimum absolute atomic E-state index is 0.00811. The Kier molecular flexibility index (Phi) is 5.47. The first-order valence-electron chi connectivity index (χ1n) is 11.2. The van der Waals surface area contributed by atoms with Crippen LogP contribution in [0.5, 0.6) is 5.75 Å². The molecule has 0 saturated carbocycles. The van der Waals surface area contributed by atoms with Crippen molar-refractivity contribution in [3.05, 3.63) is 59.3 Å². The van der Waals surface area contributed by atoms with Crippen LogP contribution in [0.3, 0.4) is 0 Å². The number of aryl methyl sites for hydroxylation is 2. The monoisotopic (exact) mass is 432 g/mol. The zero-order valence-electron chi connectivity index (χ0n) is 18.2. The molecule has 32 heavy (non-hydrogen) atoms. The minimum Gasteiger partial charge on any atom is -0.497 e. The van der Waals surface area contributed by atoms with Crippen LogP contribution < -0.4 is 20.3 Å². The van der Waals surface area contributed by atoms with E-state index in [-0.39, 0.29) is 24.4 Å². The van der Waals surface area contributed by atoms with Crippen LogP contribution in [0.25, 0.3) is 10.9 Å². The molecule has 2 aliphatic rings. The molecule has 7 heteroatoms. The number of hydrogen-bond donors (Lipinski definition) is 3. The van der Waals surface area contributed by atoms with Crippen molar-refractivity contribution in [2.24, 2.45) is 0 Å². The summed E-state index contributed by atoms with van der Waals surface area (Å²) in [6.07, 6.45) is 5.00. The maximum Gasteiger partial charge on any atom is 0.315 e. The highest BCUT2D eigenvalue weighted by atomic mass is 16.5. The number of aromatic amines is 1. The summed E-state index contributed by atoms with van der Waals surface area (Å²) in [6, 6.07) is 13.2. The number of rotatable bonds is 5. The van der Waals surface area contributed by atoms with Crippen molar-refractivity contribution < 1.29 is 14.3 Å². The predicted octanol–water partition coefficient (Wildman–Crippen LogP) is 3.66. The highest BCUT2D eigenvalue weighted by Gasteiger charge is 2.31. The Hall–Kier alpha value is -3.48. The number of aromatic nitrogens is 1. The van der Waals surface area contributed by atoms with Gasteiger partial charge in [0.15, 0.2) is 0 Å². The summed E-state index contributed by atoms with van der Waals surface area (Å²) < 4.78 is 5.25. The number of nitrogens with zero attached hydrogens (tertiary/aromatic N) is 1. The van der Waals surface area contributed by atoms with Gasteiger partial charge in [0.2, 0.25) is 5.91 Å². The highest BCUT2D eigenvalue weighted by Crippen LogP contribution is 2.30. The van der Waals surface area contributed by atoms with Gasteiger partial charge >= 0.3 is 6.03 Å². The molecule has 1 saturated heterocycles. The molecular formula is C25H28N4O3. The maximum absolute atomic E-state index is 12.5. The number of hydrogen-bond acceptors (Lipinski definition) is 3. The number of H-pyrrole nitrogens is 1. The van der Waals surface area contributed by atoms with E-state index in [4.69, 9.17) is 4.74 Å². The summed E-state index contributed by atoms with van der Waals surface area (Å²) in [4.78, 5) is 30.2. The van der Waals surface area contributed by atoms with E-state index in [9.17, 15) is 9.59 Å². The van der Waals surface area contributed by atoms with Crippen LogP contribution >= 0.6 is 0 Å². The summed E-state index contributed by atoms with van der Waals surface area (Å²) in [5, 5.41) is 7.15. The Bertz CT molecular complexity index is 1170. The molecule has 3 amide bonds. The van der Waals surface area contributed by atoms with Crippen molar-refractivity contribution in [3.63, 3.8) is 0 Å². The molecule has 3 aromatic rings. The van der Waals surface area contributed by atoms with Gasteiger partial charge in [-0.05, 0) is 61.1 Å². The minimum atomic E-state index is -0.258. The van der Waals surface area contributed by atoms with E-state index in [0.717, 1.165) is 24.1 Å². The number of carbonyl (C=O) groups excluding carboxylic acids is 2. The maximum atomic E-state index is 12.5. The standard InChI is InChI=1S/C25H28N4O3/c1-32-19-6-4-5-18(13-19)29-15-17(12-24(29)30)27-25(31)26-14-16-9-10-23-21(11-16)20-7-2-3-8-22(20)28-23/h4-6,9-11,13,17,28H,2-3,7-8,12,14-15H2,1H3,(H2,26,27,31). The third kappa shape index (κ3) is 4.02. The quantitative estimate of drug-likeness (QED) is 0.575. The fraction of sp³-hybridized carbons (Fsp3) is 0.360. The van der Waals surface area contributed by atoms with Gasteiger partial charge in [-0.15, -0.1) is 0 Å². The molecule has 5 rings (SSSR count). The highest BCUT2D eigenvalue weighted by molar-refractivity contribution is 5.97. The van der Waals surface area contributed by atoms with Gasteiger partial charge in [-0.3, -0.25) is 4.79 Å². The second kappa shape index (κ2) is 8.57. The number of benzene rings is 2. The van der Waals surface area contributed by atoms with Gasteiger partial charge in [-0.1, -0.05) is 12.1 Å². The van der Waals surface area contributed by atoms with Crippen molar-refractivity contribution in [3.8, 4) is 5.75 Å². The van der Waals surface area contributed by atoms with Crippen LogP contribution in [0.15, 0.2) is 42.5 Å². The number of nitrogens with one attached hydrogen (secondary N) is 3. The molecule has 1 unspecified atom stereocenters. The fourth-order valence-corrected chi connectivity index (χ4v) is 4.81. The third-order valence-electron chi connectivity index (χ3n) is 6.44. The number of carbonyl (C=O) groups is 2. The Balaban J connectivity index is 1.19. The zero-order valence-corrected chi connectivity index (χ0v) is 18.2. The van der Waals surface area contributed by atoms with Gasteiger partial charge in [-0.2, -0.15) is 0 Å². The van der Waals surface area contributed by atoms with Crippen molar-refractivity contribution in [1.82, 2.24) is 15.6 Å². The molecule has 1 fully saturated rings. The second-order valence-electron chi connectivity index (χ2n) is 8.60. The number of ether oxygens (including phenoxy) is 1. The SMILES string of the molecule is COc1cccc(N2CC(NC(=O)NCc3ccc4[nH]c5c(c4c3)CCCC5)CC2=O)c1. The molecule has 0 radical (unpaired) electrons. The topological polar surface area (TPSA) is 86.5 Å². The van der Waals surface area contributed by atoms with E-state index in [1.807, 2.05) is 30.3 Å². The average Bonchev–Trinajstić information content (AvgIpc) is 3.37. The van der Waals surface area contributed by atoms with Crippen molar-refractivity contribution in [1.29, 1.82) is 0 Å². The first-order chi connectivity index (χ1) is 15.6. The number of anilines is 1. The molecule has 0 spiro atoms. The Morgan fingerprint density at radius 3 is 2.94 bits per heavy atom. The summed E-state index contributed by atoms with van der Waals surface area (Å²) in [5.41, 5.74) is 5.81. The average molecular weight is 433 g/mol. The van der Waals surface area contributed by atoms with E-state index in [1.54, 1.807) is 12.0 Å². The van der Waals surface area contributed by atoms with Gasteiger partial charge in [0.1, 0.15) is 5.75 Å². The van der Waals surface area contributed by atoms with Crippen LogP contribution in [-0.4, -0.2) is 36.6 Å². The van der Waals surface area contributed by atoms with Gasteiger partial charge in [0.05, 0.1) is 13.2 Å². The van der Waals surface area contributed by atoms with Crippen LogP contribution in [0.2, 0.25) is 0 Å². The largest absolute Gasteiger partial charge is 0.497 e. The lowest BCUT2D eigenvalue weighted by Crippen LogP contribution is -2.43. The summed E-state index contributed by atoms with van der Waals surface area (Å²) in [6.45, 7) is 0.892. The summed E-state index contributed by atoms with van der Waals surface area (Å²) in [7, 11) is 1.60. The Labute approximate surface area is 187 Å². The molecule has 1 atom stereocenters. The predicted molar refractivity (Wildman–Crippen MR) is 124 cm³/mol. The second-order valence-corrected chi connectivity index (χ2v) is 8.60. The fourth-order valence-electron chi connectivity index (χ4n) is 4.81. The number of urea groups is 1. The van der Waals surface area contributed by atoms with E-state index in [0.29, 0.717) is 18.8 Å². The van der Waals surface area contributed by atoms with E-state index >= 15 is 0 Å². The van der Waals surface area contributed by atoms with Gasteiger partial charge in [-0.25, -0.2) is 4.79 Å². The molecule has 2 aromatic carbocycles. The summed E-state index contributed by atoms with van der Waals surface area (Å²) >= 11 is 0. The smallest absolute Gasteiger partial charge is 0.315 e. The molecule has 1 aromatic heterocycles. The van der Waals surface area contributed by atoms with Gasteiger partial charge < -0.3 is 25.3 Å². The van der Waals surface area contributed by atoms with Crippen LogP contribution in [0.1, 0.15) is 36.1 Å². The molecule has 3 N–H and O–H groups in total. The number of fused-ring (bicyclic) bond motifs is 3. The molecule has 166 valence electrons. The van der Waals surface area contributed by atoms with Crippen LogP contribution in [0.4, 0.5) is 10.5 Å². The third-order valence-corrected chi connectivity index (χ3v) is 6.44. The number of methoxy groups -OCH3 is 1. The first-order valence-corrected chi connectivity index (χ1v) is 11.2. The van der Waals surface area contributed by atoms with Crippen molar-refractivity contribution >= 4 is 28.5 Å². The molecule has 1 aliphatic carbocycles. The van der Waals surface area contributed by atoms with E-state index in [1.165, 1.54) is 35.0 Å².